The third-order valence-electron chi connectivity index (χ3n) is 12.8. The van der Waals surface area contributed by atoms with Gasteiger partial charge in [-0.1, -0.05) is 0 Å². The van der Waals surface area contributed by atoms with Crippen LogP contribution in [0.15, 0.2) is 140 Å². The van der Waals surface area contributed by atoms with Gasteiger partial charge in [0.1, 0.15) is 0 Å². The van der Waals surface area contributed by atoms with E-state index in [-0.39, 0.29) is 90.0 Å². The lowest BCUT2D eigenvalue weighted by molar-refractivity contribution is -0.144. The number of aryl methyl sites for hydroxylation is 2. The highest BCUT2D eigenvalue weighted by atomic mass is 19.4. The van der Waals surface area contributed by atoms with Crippen molar-refractivity contribution in [3.05, 3.63) is 207 Å². The number of carboxylic acid groups (broad SMARTS) is 1. The third kappa shape index (κ3) is 26.4. The molecule has 0 atom stereocenters. The molecule has 2 N–H and O–H groups in total. The standard InChI is InChI=1S/C14H9F6N3.C14H10F6N2O2.C13H11F6NO.C11H6F6N2.C10H6F6O/c15-13(16,17)10-6-9(7-11(8-10)14(18,19)20)12-2-5-23(22-12)4-1-3-21;15-13(16,17)9-5-8(6-10(7-9)14(18,19)20)11-1-3-22(21-11)4-2-12(23)24;1-20(2)4-3-11(21)8-5-9(12(14,15)16)7-10(6-8)13(17,18)19;12-10(13,14)7-3-6(9-1-2-18-19-9)4-8(5-7)11(15,16)17;1-5(17)6-2-7(9(11,12)13)4-8(3-6)10(14,15)16/h2,5-8H,1,4H2;1,3,5-7H,2,4H2,(H,23,24);3-7H,1-2H3;1-5H,(H,18,19);2-4H,1H3/b;;4-3+;;. The van der Waals surface area contributed by atoms with Gasteiger partial charge in [-0.3, -0.25) is 28.8 Å². The van der Waals surface area contributed by atoms with Gasteiger partial charge in [-0.2, -0.15) is 152 Å². The molecule has 0 unspecified atom stereocenters. The lowest BCUT2D eigenvalue weighted by Gasteiger charge is -2.13. The molecule has 0 aliphatic heterocycles. The minimum atomic E-state index is -4.97. The Hall–Kier alpha value is -10.5. The van der Waals surface area contributed by atoms with E-state index in [1.165, 1.54) is 52.6 Å². The van der Waals surface area contributed by atoms with Crippen LogP contribution < -0.4 is 0 Å². The van der Waals surface area contributed by atoms with E-state index in [0.717, 1.165) is 17.7 Å². The number of nitrogens with zero attached hydrogens (tertiary/aromatic N) is 7. The summed E-state index contributed by atoms with van der Waals surface area (Å²) in [6.07, 6.45) is -43.3. The average Bonchev–Trinajstić information content (AvgIpc) is 1.35. The molecule has 42 heteroatoms. The van der Waals surface area contributed by atoms with Crippen molar-refractivity contribution < 1.29 is 151 Å². The van der Waals surface area contributed by atoms with Gasteiger partial charge in [-0.25, -0.2) is 0 Å². The number of alkyl halides is 30. The number of Topliss-reactive ketones (excluding diaryl/α,β-unsaturated/α-hetero) is 1. The summed E-state index contributed by atoms with van der Waals surface area (Å²) in [5, 5.41) is 30.6. The summed E-state index contributed by atoms with van der Waals surface area (Å²) in [6.45, 7) is 1.04. The number of ketones is 2. The number of allylic oxidation sites excluding steroid dienone is 1. The number of aromatic nitrogens is 6. The molecule has 0 amide bonds. The second-order valence-corrected chi connectivity index (χ2v) is 21.1. The van der Waals surface area contributed by atoms with E-state index in [9.17, 15) is 146 Å². The van der Waals surface area contributed by atoms with E-state index in [1.807, 2.05) is 6.07 Å². The van der Waals surface area contributed by atoms with Crippen molar-refractivity contribution in [2.45, 2.75) is 94.6 Å². The number of H-pyrrole nitrogens is 1. The van der Waals surface area contributed by atoms with Gasteiger partial charge < -0.3 is 10.0 Å². The molecule has 0 saturated heterocycles. The zero-order chi connectivity index (χ0) is 79.5. The van der Waals surface area contributed by atoms with Crippen LogP contribution in [0.5, 0.6) is 0 Å². The maximum Gasteiger partial charge on any atom is 0.416 e. The number of rotatable bonds is 12. The zero-order valence-electron chi connectivity index (χ0n) is 51.7. The molecule has 0 spiro atoms. The van der Waals surface area contributed by atoms with Crippen LogP contribution in [0.4, 0.5) is 132 Å². The topological polar surface area (TPSA) is 163 Å². The number of carbonyl (C=O) groups excluding carboxylic acids is 2. The van der Waals surface area contributed by atoms with Gasteiger partial charge in [0.05, 0.1) is 105 Å². The number of aliphatic carboxylic acids is 1. The Morgan fingerprint density at radius 1 is 0.442 bits per heavy atom. The van der Waals surface area contributed by atoms with Crippen molar-refractivity contribution in [1.82, 2.24) is 34.7 Å². The number of halogens is 30. The summed E-state index contributed by atoms with van der Waals surface area (Å²) < 4.78 is 381. The fourth-order valence-corrected chi connectivity index (χ4v) is 7.96. The van der Waals surface area contributed by atoms with Gasteiger partial charge in [0.15, 0.2) is 11.6 Å². The highest BCUT2D eigenvalue weighted by molar-refractivity contribution is 6.04. The summed E-state index contributed by atoms with van der Waals surface area (Å²) in [7, 11) is 3.11. The van der Waals surface area contributed by atoms with Crippen LogP contribution in [0.3, 0.4) is 0 Å². The molecule has 12 nitrogen and oxygen atoms in total. The number of hydrogen-bond acceptors (Lipinski definition) is 8. The fourth-order valence-electron chi connectivity index (χ4n) is 7.96. The number of nitrogens with one attached hydrogen (secondary N) is 1. The van der Waals surface area contributed by atoms with E-state index in [4.69, 9.17) is 10.4 Å². The summed E-state index contributed by atoms with van der Waals surface area (Å²) in [4.78, 5) is 34.4. The molecule has 5 aromatic carbocycles. The number of nitriles is 1. The zero-order valence-corrected chi connectivity index (χ0v) is 51.7. The van der Waals surface area contributed by atoms with Crippen LogP contribution in [-0.4, -0.2) is 71.4 Å². The van der Waals surface area contributed by atoms with Crippen LogP contribution in [-0.2, 0) is 79.6 Å². The lowest BCUT2D eigenvalue weighted by Crippen LogP contribution is -2.13. The van der Waals surface area contributed by atoms with E-state index in [1.54, 1.807) is 14.1 Å². The average molecular weight is 1530 g/mol. The van der Waals surface area contributed by atoms with Gasteiger partial charge in [-0.15, -0.1) is 0 Å². The van der Waals surface area contributed by atoms with Gasteiger partial charge in [0, 0.05) is 72.8 Å². The minimum absolute atomic E-state index is 0.0214. The summed E-state index contributed by atoms with van der Waals surface area (Å²) in [6, 6.07) is 11.1. The Morgan fingerprint density at radius 2 is 0.731 bits per heavy atom. The van der Waals surface area contributed by atoms with E-state index in [0.29, 0.717) is 60.7 Å². The molecular weight excluding hydrogens is 1490 g/mol. The first kappa shape index (κ1) is 85.9. The summed E-state index contributed by atoms with van der Waals surface area (Å²) in [5.74, 6) is -2.91. The smallest absolute Gasteiger partial charge is 0.416 e. The normalized spacial score (nSPS) is 12.5. The molecule has 8 aromatic rings. The SMILES string of the molecule is CC(=O)c1cc(C(F)(F)F)cc(C(F)(F)F)c1.CN(C)/C=C/C(=O)c1cc(C(F)(F)F)cc(C(F)(F)F)c1.FC(F)(F)c1cc(-c2ccn[nH]2)cc(C(F)(F)F)c1.N#CCCn1ccc(-c2cc(C(F)(F)F)cc(C(F)(F)F)c2)n1.O=C(O)CCn1ccc(-c2cc(C(F)(F)F)cc(C(F)(F)F)c2)n1. The monoisotopic (exact) mass is 1530 g/mol. The van der Waals surface area contributed by atoms with Crippen molar-refractivity contribution in [2.75, 3.05) is 14.1 Å². The maximum absolute atomic E-state index is 12.8. The highest BCUT2D eigenvalue weighted by Crippen LogP contribution is 2.43. The molecule has 3 aromatic heterocycles. The second-order valence-electron chi connectivity index (χ2n) is 21.1. The first-order chi connectivity index (χ1) is 47.2. The third-order valence-corrected chi connectivity index (χ3v) is 12.8. The molecule has 0 radical (unpaired) electrons. The minimum Gasteiger partial charge on any atom is -0.481 e. The Balaban J connectivity index is 0.000000277. The molecule has 564 valence electrons. The molecule has 0 bridgehead atoms. The van der Waals surface area contributed by atoms with Crippen LogP contribution >= 0.6 is 0 Å². The Bertz CT molecular complexity index is 4160. The molecular formula is C62H42F30N8O4. The predicted octanol–water partition coefficient (Wildman–Crippen LogP) is 20.6. The summed E-state index contributed by atoms with van der Waals surface area (Å²) >= 11 is 0. The maximum atomic E-state index is 12.8. The largest absolute Gasteiger partial charge is 0.481 e. The molecule has 3 heterocycles. The van der Waals surface area contributed by atoms with Crippen molar-refractivity contribution in [1.29, 1.82) is 5.26 Å². The Kier molecular flexibility index (Phi) is 27.1. The van der Waals surface area contributed by atoms with Crippen LogP contribution in [0.2, 0.25) is 0 Å². The molecule has 8 rings (SSSR count). The van der Waals surface area contributed by atoms with Crippen molar-refractivity contribution in [2.24, 2.45) is 0 Å². The predicted molar refractivity (Wildman–Crippen MR) is 302 cm³/mol. The second kappa shape index (κ2) is 32.8. The van der Waals surface area contributed by atoms with Crippen molar-refractivity contribution in [3.8, 4) is 39.8 Å². The lowest BCUT2D eigenvalue weighted by atomic mass is 10.0. The molecule has 0 fully saturated rings. The van der Waals surface area contributed by atoms with Crippen LogP contribution in [0, 0.1) is 11.3 Å². The Morgan fingerprint density at radius 3 is 0.990 bits per heavy atom. The number of benzene rings is 5. The summed E-state index contributed by atoms with van der Waals surface area (Å²) in [5.41, 5.74) is -16.6. The van der Waals surface area contributed by atoms with E-state index in [2.05, 4.69) is 20.4 Å². The molecule has 0 aliphatic rings. The van der Waals surface area contributed by atoms with E-state index < -0.39 is 146 Å². The Labute approximate surface area is 563 Å². The first-order valence-electron chi connectivity index (χ1n) is 27.7. The van der Waals surface area contributed by atoms with Gasteiger partial charge in [-0.05, 0) is 116 Å². The highest BCUT2D eigenvalue weighted by Gasteiger charge is 2.42. The van der Waals surface area contributed by atoms with Gasteiger partial charge >= 0.3 is 67.7 Å². The van der Waals surface area contributed by atoms with E-state index >= 15 is 0 Å². The quantitative estimate of drug-likeness (QED) is 0.0689. The number of hydrogen-bond donors (Lipinski definition) is 2. The van der Waals surface area contributed by atoms with Crippen LogP contribution in [0.25, 0.3) is 33.8 Å². The van der Waals surface area contributed by atoms with Crippen molar-refractivity contribution >= 4 is 17.5 Å². The van der Waals surface area contributed by atoms with Gasteiger partial charge in [0.25, 0.3) is 0 Å². The first-order valence-corrected chi connectivity index (χ1v) is 27.7. The number of carbonyl (C=O) groups is 3. The van der Waals surface area contributed by atoms with Crippen LogP contribution in [0.1, 0.15) is 96.1 Å². The molecule has 0 aliphatic carbocycles. The number of aromatic amines is 1. The number of carboxylic acids is 1. The fraction of sp³-hybridized carbons (Fsp3) is 0.274. The molecule has 0 saturated carbocycles. The molecule has 104 heavy (non-hydrogen) atoms. The van der Waals surface area contributed by atoms with Gasteiger partial charge in [0.2, 0.25) is 0 Å². The van der Waals surface area contributed by atoms with Crippen molar-refractivity contribution in [3.63, 3.8) is 0 Å².